The highest BCUT2D eigenvalue weighted by atomic mass is 35.5. The van der Waals surface area contributed by atoms with Crippen molar-refractivity contribution in [2.24, 2.45) is 7.05 Å². The highest BCUT2D eigenvalue weighted by molar-refractivity contribution is 6.34. The van der Waals surface area contributed by atoms with Crippen molar-refractivity contribution >= 4 is 28.4 Å². The van der Waals surface area contributed by atoms with Gasteiger partial charge in [-0.15, -0.1) is 0 Å². The molecule has 1 saturated heterocycles. The first kappa shape index (κ1) is 24.4. The van der Waals surface area contributed by atoms with Gasteiger partial charge in [-0.25, -0.2) is 14.4 Å². The number of fused-ring (bicyclic) bond motifs is 1. The van der Waals surface area contributed by atoms with E-state index in [1.807, 2.05) is 40.9 Å². The fourth-order valence-electron chi connectivity index (χ4n) is 4.70. The summed E-state index contributed by atoms with van der Waals surface area (Å²) in [7, 11) is 1.97. The van der Waals surface area contributed by atoms with Crippen LogP contribution in [0.4, 0.5) is 4.39 Å². The summed E-state index contributed by atoms with van der Waals surface area (Å²) in [6.07, 6.45) is 3.81. The smallest absolute Gasteiger partial charge is 0.255 e. The molecule has 3 heterocycles. The van der Waals surface area contributed by atoms with Crippen LogP contribution in [0.3, 0.4) is 0 Å². The second-order valence-corrected chi connectivity index (χ2v) is 10.1. The summed E-state index contributed by atoms with van der Waals surface area (Å²) < 4.78 is 15.2. The average molecular weight is 506 g/mol. The number of hydrogen-bond acceptors (Lipinski definition) is 4. The molecule has 1 aliphatic rings. The number of carbonyl (C=O) groups is 1. The predicted octanol–water partition coefficient (Wildman–Crippen LogP) is 5.51. The molecule has 2 aromatic carbocycles. The Bertz CT molecular complexity index is 1410. The van der Waals surface area contributed by atoms with E-state index in [-0.39, 0.29) is 17.6 Å². The van der Waals surface area contributed by atoms with E-state index in [0.29, 0.717) is 23.7 Å². The van der Waals surface area contributed by atoms with E-state index in [1.165, 1.54) is 12.1 Å². The number of amides is 1. The largest absolute Gasteiger partial charge is 0.350 e. The Labute approximate surface area is 215 Å². The van der Waals surface area contributed by atoms with Crippen molar-refractivity contribution in [1.82, 2.24) is 24.3 Å². The maximum atomic E-state index is 13.5. The van der Waals surface area contributed by atoms with Crippen LogP contribution in [0, 0.1) is 5.82 Å². The zero-order chi connectivity index (χ0) is 25.4. The van der Waals surface area contributed by atoms with Gasteiger partial charge in [-0.1, -0.05) is 37.6 Å². The Morgan fingerprint density at radius 1 is 1.08 bits per heavy atom. The monoisotopic (exact) mass is 505 g/mol. The molecule has 4 aromatic rings. The molecule has 1 aliphatic heterocycles. The highest BCUT2D eigenvalue weighted by Crippen LogP contribution is 2.34. The first-order chi connectivity index (χ1) is 17.3. The van der Waals surface area contributed by atoms with Crippen LogP contribution in [0.5, 0.6) is 0 Å². The van der Waals surface area contributed by atoms with Gasteiger partial charge in [0, 0.05) is 74.5 Å². The molecule has 8 heteroatoms. The standard InChI is InChI=1S/C28H29ClFN5O/c1-18(2)27-31-9-8-25(32-27)23-17-33(3)26-15-24(29)22(14-21(23)26)28(36)35-12-10-34(11-13-35)16-19-4-6-20(30)7-5-19/h4-9,14-15,17-18H,10-13,16H2,1-3H3. The van der Waals surface area contributed by atoms with Crippen molar-refractivity contribution in [2.75, 3.05) is 26.2 Å². The minimum absolute atomic E-state index is 0.0660. The Balaban J connectivity index is 1.38. The number of benzene rings is 2. The zero-order valence-electron chi connectivity index (χ0n) is 20.7. The lowest BCUT2D eigenvalue weighted by Crippen LogP contribution is -2.48. The third kappa shape index (κ3) is 4.86. The minimum atomic E-state index is -0.232. The van der Waals surface area contributed by atoms with Gasteiger partial charge in [0.25, 0.3) is 5.91 Å². The number of hydrogen-bond donors (Lipinski definition) is 0. The molecule has 1 amide bonds. The third-order valence-corrected chi connectivity index (χ3v) is 7.07. The van der Waals surface area contributed by atoms with Crippen LogP contribution in [0.25, 0.3) is 22.2 Å². The Morgan fingerprint density at radius 2 is 1.81 bits per heavy atom. The Kier molecular flexibility index (Phi) is 6.77. The second kappa shape index (κ2) is 9.99. The van der Waals surface area contributed by atoms with Crippen molar-refractivity contribution in [3.05, 3.63) is 82.6 Å². The molecule has 5 rings (SSSR count). The molecule has 0 bridgehead atoms. The van der Waals surface area contributed by atoms with Gasteiger partial charge in [0.05, 0.1) is 16.3 Å². The van der Waals surface area contributed by atoms with Gasteiger partial charge < -0.3 is 9.47 Å². The highest BCUT2D eigenvalue weighted by Gasteiger charge is 2.25. The molecule has 0 radical (unpaired) electrons. The van der Waals surface area contributed by atoms with Crippen LogP contribution in [-0.4, -0.2) is 56.4 Å². The number of nitrogens with zero attached hydrogens (tertiary/aromatic N) is 5. The lowest BCUT2D eigenvalue weighted by atomic mass is 10.1. The summed E-state index contributed by atoms with van der Waals surface area (Å²) in [5.41, 5.74) is 4.29. The molecular weight excluding hydrogens is 477 g/mol. The number of aromatic nitrogens is 3. The zero-order valence-corrected chi connectivity index (χ0v) is 21.5. The molecule has 2 aromatic heterocycles. The van der Waals surface area contributed by atoms with Crippen molar-refractivity contribution in [3.8, 4) is 11.3 Å². The van der Waals surface area contributed by atoms with Gasteiger partial charge in [0.1, 0.15) is 11.6 Å². The van der Waals surface area contributed by atoms with E-state index in [1.54, 1.807) is 18.3 Å². The quantitative estimate of drug-likeness (QED) is 0.359. The van der Waals surface area contributed by atoms with Gasteiger partial charge in [-0.2, -0.15) is 0 Å². The van der Waals surface area contributed by atoms with E-state index < -0.39 is 0 Å². The molecule has 1 fully saturated rings. The van der Waals surface area contributed by atoms with Crippen LogP contribution in [0.1, 0.15) is 41.5 Å². The first-order valence-electron chi connectivity index (χ1n) is 12.2. The molecule has 0 unspecified atom stereocenters. The average Bonchev–Trinajstić information content (AvgIpc) is 3.20. The van der Waals surface area contributed by atoms with Crippen molar-refractivity contribution < 1.29 is 9.18 Å². The van der Waals surface area contributed by atoms with Crippen molar-refractivity contribution in [2.45, 2.75) is 26.3 Å². The first-order valence-corrected chi connectivity index (χ1v) is 12.6. The van der Waals surface area contributed by atoms with E-state index >= 15 is 0 Å². The number of piperazine rings is 1. The number of rotatable bonds is 5. The second-order valence-electron chi connectivity index (χ2n) is 9.65. The topological polar surface area (TPSA) is 54.3 Å². The van der Waals surface area contributed by atoms with Gasteiger partial charge in [-0.3, -0.25) is 9.69 Å². The molecule has 0 atom stereocenters. The summed E-state index contributed by atoms with van der Waals surface area (Å²) in [6.45, 7) is 7.59. The van der Waals surface area contributed by atoms with Crippen molar-refractivity contribution in [1.29, 1.82) is 0 Å². The number of aryl methyl sites for hydroxylation is 1. The SMILES string of the molecule is CC(C)c1nccc(-c2cn(C)c3cc(Cl)c(C(=O)N4CCN(Cc5ccc(F)cc5)CC4)cc23)n1. The molecule has 0 saturated carbocycles. The Morgan fingerprint density at radius 3 is 2.50 bits per heavy atom. The molecule has 36 heavy (non-hydrogen) atoms. The summed E-state index contributed by atoms with van der Waals surface area (Å²) in [5.74, 6) is 0.704. The van der Waals surface area contributed by atoms with E-state index in [0.717, 1.165) is 53.2 Å². The van der Waals surface area contributed by atoms with Crippen LogP contribution in [0.15, 0.2) is 54.9 Å². The predicted molar refractivity (Wildman–Crippen MR) is 141 cm³/mol. The summed E-state index contributed by atoms with van der Waals surface area (Å²) in [4.78, 5) is 26.8. The number of halogens is 2. The maximum Gasteiger partial charge on any atom is 0.255 e. The van der Waals surface area contributed by atoms with Crippen LogP contribution in [-0.2, 0) is 13.6 Å². The number of carbonyl (C=O) groups excluding carboxylic acids is 1. The van der Waals surface area contributed by atoms with Crippen LogP contribution >= 0.6 is 11.6 Å². The maximum absolute atomic E-state index is 13.5. The minimum Gasteiger partial charge on any atom is -0.350 e. The normalized spacial score (nSPS) is 14.7. The molecule has 0 aliphatic carbocycles. The van der Waals surface area contributed by atoms with Gasteiger partial charge in [-0.05, 0) is 35.9 Å². The fourth-order valence-corrected chi connectivity index (χ4v) is 4.94. The summed E-state index contributed by atoms with van der Waals surface area (Å²) >= 11 is 6.63. The molecule has 0 spiro atoms. The molecule has 186 valence electrons. The van der Waals surface area contributed by atoms with E-state index in [4.69, 9.17) is 16.6 Å². The lowest BCUT2D eigenvalue weighted by molar-refractivity contribution is 0.0628. The van der Waals surface area contributed by atoms with E-state index in [9.17, 15) is 9.18 Å². The third-order valence-electron chi connectivity index (χ3n) is 6.75. The van der Waals surface area contributed by atoms with Gasteiger partial charge in [0.15, 0.2) is 0 Å². The van der Waals surface area contributed by atoms with Gasteiger partial charge in [0.2, 0.25) is 0 Å². The van der Waals surface area contributed by atoms with Gasteiger partial charge >= 0.3 is 0 Å². The van der Waals surface area contributed by atoms with Crippen LogP contribution in [0.2, 0.25) is 5.02 Å². The van der Waals surface area contributed by atoms with Crippen molar-refractivity contribution in [3.63, 3.8) is 0 Å². The molecular formula is C28H29ClFN5O. The Hall–Kier alpha value is -3.29. The summed E-state index contributed by atoms with van der Waals surface area (Å²) in [6, 6.07) is 12.2. The molecule has 0 N–H and O–H groups in total. The lowest BCUT2D eigenvalue weighted by Gasteiger charge is -2.35. The summed E-state index contributed by atoms with van der Waals surface area (Å²) in [5, 5.41) is 1.38. The van der Waals surface area contributed by atoms with E-state index in [2.05, 4.69) is 23.7 Å². The fraction of sp³-hybridized carbons (Fsp3) is 0.321. The molecule has 6 nitrogen and oxygen atoms in total. The van der Waals surface area contributed by atoms with Crippen LogP contribution < -0.4 is 0 Å².